The van der Waals surface area contributed by atoms with Crippen LogP contribution in [0.2, 0.25) is 10.0 Å². The number of aliphatic imine (C=N–C) groups is 1. The van der Waals surface area contributed by atoms with Crippen LogP contribution in [0.4, 0.5) is 0 Å². The van der Waals surface area contributed by atoms with Gasteiger partial charge in [0.2, 0.25) is 0 Å². The van der Waals surface area contributed by atoms with E-state index in [0.717, 1.165) is 0 Å². The summed E-state index contributed by atoms with van der Waals surface area (Å²) in [6, 6.07) is 9.48. The molecule has 4 rings (SSSR count). The zero-order chi connectivity index (χ0) is 17.3. The van der Waals surface area contributed by atoms with Crippen molar-refractivity contribution in [2.24, 2.45) is 21.6 Å². The zero-order valence-corrected chi connectivity index (χ0v) is 14.1. The summed E-state index contributed by atoms with van der Waals surface area (Å²) in [4.78, 5) is 4.24. The van der Waals surface area contributed by atoms with E-state index in [9.17, 15) is 10.5 Å². The molecule has 122 valence electrons. The fraction of sp³-hybridized carbons (Fsp3) is 0.438. The first-order valence-corrected chi connectivity index (χ1v) is 8.10. The van der Waals surface area contributed by atoms with Crippen molar-refractivity contribution in [1.29, 1.82) is 10.5 Å². The van der Waals surface area contributed by atoms with E-state index in [1.807, 2.05) is 6.92 Å². The van der Waals surface area contributed by atoms with Gasteiger partial charge in [0.15, 0.2) is 5.41 Å². The standard InChI is InChI=1S/C16H12Cl2N4O2/c1-8-5-23-16(24-8)15(7-20)12(14(15,6-19)13(21)22-16)9-3-2-4-10(17)11(9)18/h2-4,8,12H,5H2,1H3,(H2,21,22). The smallest absolute Gasteiger partial charge is 0.293 e. The highest BCUT2D eigenvalue weighted by atomic mass is 35.5. The molecular weight excluding hydrogens is 351 g/mol. The van der Waals surface area contributed by atoms with Gasteiger partial charge in [-0.2, -0.15) is 10.5 Å². The van der Waals surface area contributed by atoms with Gasteiger partial charge in [0.05, 0.1) is 34.9 Å². The summed E-state index contributed by atoms with van der Waals surface area (Å²) in [5.41, 5.74) is 3.91. The second-order valence-corrected chi connectivity index (χ2v) is 7.02. The molecule has 1 spiro atoms. The number of hydrogen-bond donors (Lipinski definition) is 1. The van der Waals surface area contributed by atoms with Crippen LogP contribution in [-0.2, 0) is 9.47 Å². The van der Waals surface area contributed by atoms with Crippen molar-refractivity contribution in [1.82, 2.24) is 0 Å². The Morgan fingerprint density at radius 2 is 2.08 bits per heavy atom. The van der Waals surface area contributed by atoms with Gasteiger partial charge < -0.3 is 15.2 Å². The quantitative estimate of drug-likeness (QED) is 0.826. The van der Waals surface area contributed by atoms with Crippen molar-refractivity contribution in [2.45, 2.75) is 24.9 Å². The molecule has 2 aliphatic heterocycles. The molecule has 5 atom stereocenters. The lowest BCUT2D eigenvalue weighted by atomic mass is 9.94. The average molecular weight is 363 g/mol. The normalized spacial score (nSPS) is 42.3. The molecule has 3 aliphatic rings. The van der Waals surface area contributed by atoms with E-state index in [1.165, 1.54) is 0 Å². The minimum atomic E-state index is -1.59. The Morgan fingerprint density at radius 1 is 1.33 bits per heavy atom. The third-order valence-corrected chi connectivity index (χ3v) is 5.93. The molecule has 2 fully saturated rings. The van der Waals surface area contributed by atoms with Crippen molar-refractivity contribution in [2.75, 3.05) is 6.61 Å². The van der Waals surface area contributed by atoms with Gasteiger partial charge >= 0.3 is 0 Å². The van der Waals surface area contributed by atoms with Crippen molar-refractivity contribution in [3.63, 3.8) is 0 Å². The summed E-state index contributed by atoms with van der Waals surface area (Å²) < 4.78 is 11.6. The second kappa shape index (κ2) is 4.62. The molecule has 1 aromatic carbocycles. The van der Waals surface area contributed by atoms with Gasteiger partial charge in [0, 0.05) is 5.92 Å². The molecule has 1 aromatic rings. The molecular formula is C16H12Cl2N4O2. The number of halogens is 2. The number of ether oxygens (including phenoxy) is 2. The predicted octanol–water partition coefficient (Wildman–Crippen LogP) is 2.57. The van der Waals surface area contributed by atoms with Gasteiger partial charge in [0.1, 0.15) is 11.3 Å². The van der Waals surface area contributed by atoms with E-state index < -0.39 is 22.7 Å². The molecule has 1 aliphatic carbocycles. The van der Waals surface area contributed by atoms with Crippen LogP contribution in [-0.4, -0.2) is 24.5 Å². The van der Waals surface area contributed by atoms with Crippen molar-refractivity contribution < 1.29 is 9.47 Å². The molecule has 2 heterocycles. The molecule has 6 nitrogen and oxygen atoms in total. The highest BCUT2D eigenvalue weighted by Gasteiger charge is 2.94. The van der Waals surface area contributed by atoms with E-state index in [0.29, 0.717) is 10.6 Å². The lowest BCUT2D eigenvalue weighted by Gasteiger charge is -2.26. The van der Waals surface area contributed by atoms with Crippen LogP contribution in [0.1, 0.15) is 18.4 Å². The first kappa shape index (κ1) is 15.7. The number of nitriles is 2. The highest BCUT2D eigenvalue weighted by molar-refractivity contribution is 6.42. The first-order chi connectivity index (χ1) is 11.4. The largest absolute Gasteiger partial charge is 0.386 e. The summed E-state index contributed by atoms with van der Waals surface area (Å²) in [6.07, 6.45) is -0.266. The maximum absolute atomic E-state index is 10.0. The molecule has 2 N–H and O–H groups in total. The lowest BCUT2D eigenvalue weighted by Crippen LogP contribution is -2.39. The molecule has 1 saturated heterocycles. The van der Waals surface area contributed by atoms with E-state index in [4.69, 9.17) is 38.4 Å². The maximum atomic E-state index is 10.0. The zero-order valence-electron chi connectivity index (χ0n) is 12.6. The van der Waals surface area contributed by atoms with Gasteiger partial charge in [0.25, 0.3) is 5.91 Å². The van der Waals surface area contributed by atoms with Crippen LogP contribution in [0.5, 0.6) is 0 Å². The predicted molar refractivity (Wildman–Crippen MR) is 86.1 cm³/mol. The minimum absolute atomic E-state index is 0.0293. The second-order valence-electron chi connectivity index (χ2n) is 6.23. The van der Waals surface area contributed by atoms with Crippen LogP contribution in [0.3, 0.4) is 0 Å². The minimum Gasteiger partial charge on any atom is -0.386 e. The van der Waals surface area contributed by atoms with E-state index in [1.54, 1.807) is 18.2 Å². The number of rotatable bonds is 1. The topological polar surface area (TPSA) is 104 Å². The summed E-state index contributed by atoms with van der Waals surface area (Å²) >= 11 is 12.4. The molecule has 5 unspecified atom stereocenters. The molecule has 0 bridgehead atoms. The van der Waals surface area contributed by atoms with Gasteiger partial charge in [-0.25, -0.2) is 4.99 Å². The van der Waals surface area contributed by atoms with Crippen molar-refractivity contribution in [3.05, 3.63) is 33.8 Å². The Morgan fingerprint density at radius 3 is 2.67 bits per heavy atom. The van der Waals surface area contributed by atoms with Crippen molar-refractivity contribution in [3.8, 4) is 12.1 Å². The summed E-state index contributed by atoms with van der Waals surface area (Å²) in [5, 5.41) is 20.5. The summed E-state index contributed by atoms with van der Waals surface area (Å²) in [5.74, 6) is -2.19. The Kier molecular flexibility index (Phi) is 3.02. The lowest BCUT2D eigenvalue weighted by molar-refractivity contribution is -0.193. The Bertz CT molecular complexity index is 876. The first-order valence-electron chi connectivity index (χ1n) is 7.34. The highest BCUT2D eigenvalue weighted by Crippen LogP contribution is 2.83. The SMILES string of the molecule is CC1COC2(N=C(N)C3(C#N)C(c4cccc(Cl)c4Cl)C23C#N)O1. The number of fused-ring (bicyclic) bond motifs is 2. The molecule has 0 radical (unpaired) electrons. The van der Waals surface area contributed by atoms with Crippen LogP contribution < -0.4 is 5.73 Å². The fourth-order valence-corrected chi connectivity index (χ4v) is 4.49. The van der Waals surface area contributed by atoms with E-state index in [2.05, 4.69) is 17.1 Å². The third-order valence-electron chi connectivity index (χ3n) is 5.09. The number of hydrogen-bond acceptors (Lipinski definition) is 6. The molecule has 0 aromatic heterocycles. The third kappa shape index (κ3) is 1.42. The summed E-state index contributed by atoms with van der Waals surface area (Å²) in [6.45, 7) is 2.07. The summed E-state index contributed by atoms with van der Waals surface area (Å²) in [7, 11) is 0. The average Bonchev–Trinajstić information content (AvgIpc) is 2.93. The van der Waals surface area contributed by atoms with Gasteiger partial charge in [-0.3, -0.25) is 0 Å². The number of nitrogens with zero attached hydrogens (tertiary/aromatic N) is 3. The van der Waals surface area contributed by atoms with Crippen LogP contribution in [0, 0.1) is 33.5 Å². The number of benzene rings is 1. The van der Waals surface area contributed by atoms with E-state index >= 15 is 0 Å². The van der Waals surface area contributed by atoms with Gasteiger partial charge in [-0.1, -0.05) is 35.3 Å². The van der Waals surface area contributed by atoms with Crippen LogP contribution in [0.15, 0.2) is 23.2 Å². The van der Waals surface area contributed by atoms with Crippen LogP contribution >= 0.6 is 23.2 Å². The molecule has 1 saturated carbocycles. The molecule has 8 heteroatoms. The number of amidine groups is 1. The monoisotopic (exact) mass is 362 g/mol. The molecule has 0 amide bonds. The van der Waals surface area contributed by atoms with Gasteiger partial charge in [-0.05, 0) is 18.6 Å². The Balaban J connectivity index is 1.96. The molecule has 24 heavy (non-hydrogen) atoms. The van der Waals surface area contributed by atoms with Crippen molar-refractivity contribution >= 4 is 29.0 Å². The Hall–Kier alpha value is -1.83. The fourth-order valence-electron chi connectivity index (χ4n) is 4.07. The van der Waals surface area contributed by atoms with E-state index in [-0.39, 0.29) is 23.6 Å². The maximum Gasteiger partial charge on any atom is 0.293 e. The number of nitrogens with two attached hydrogens (primary N) is 1. The van der Waals surface area contributed by atoms with Crippen LogP contribution in [0.25, 0.3) is 0 Å². The van der Waals surface area contributed by atoms with Gasteiger partial charge in [-0.15, -0.1) is 0 Å². The Labute approximate surface area is 148 Å².